The van der Waals surface area contributed by atoms with E-state index in [9.17, 15) is 4.79 Å². The van der Waals surface area contributed by atoms with Crippen LogP contribution in [0.5, 0.6) is 0 Å². The van der Waals surface area contributed by atoms with Gasteiger partial charge in [0, 0.05) is 28.1 Å². The van der Waals surface area contributed by atoms with Crippen LogP contribution in [0.25, 0.3) is 16.5 Å². The second-order valence-corrected chi connectivity index (χ2v) is 5.52. The summed E-state index contributed by atoms with van der Waals surface area (Å²) in [7, 11) is 0. The highest BCUT2D eigenvalue weighted by Crippen LogP contribution is 2.38. The number of ether oxygens (including phenoxy) is 2. The Morgan fingerprint density at radius 3 is 2.95 bits per heavy atom. The Morgan fingerprint density at radius 1 is 1.36 bits per heavy atom. The molecule has 4 nitrogen and oxygen atoms in total. The number of esters is 1. The van der Waals surface area contributed by atoms with Crippen molar-refractivity contribution < 1.29 is 14.3 Å². The lowest BCUT2D eigenvalue weighted by Gasteiger charge is -2.13. The Bertz CT molecular complexity index is 714. The number of aromatic amines is 1. The highest BCUT2D eigenvalue weighted by Gasteiger charge is 2.25. The van der Waals surface area contributed by atoms with Crippen LogP contribution < -0.4 is 0 Å². The summed E-state index contributed by atoms with van der Waals surface area (Å²) in [5.74, 6) is 0.0963. The maximum atomic E-state index is 11.9. The van der Waals surface area contributed by atoms with Gasteiger partial charge in [0.05, 0.1) is 25.9 Å². The average molecular weight is 299 g/mol. The van der Waals surface area contributed by atoms with E-state index in [1.807, 2.05) is 19.1 Å². The number of carbonyl (C=O) groups excluding carboxylic acids is 1. The Labute approximate surface area is 130 Å². The van der Waals surface area contributed by atoms with Crippen LogP contribution in [0.3, 0.4) is 0 Å². The van der Waals surface area contributed by atoms with Crippen molar-refractivity contribution in [1.82, 2.24) is 4.98 Å². The zero-order valence-corrected chi connectivity index (χ0v) is 13.0. The zero-order valence-electron chi connectivity index (χ0n) is 13.0. The van der Waals surface area contributed by atoms with E-state index in [2.05, 4.69) is 24.0 Å². The summed E-state index contributed by atoms with van der Waals surface area (Å²) in [6.45, 7) is 5.01. The first kappa shape index (κ1) is 14.7. The van der Waals surface area contributed by atoms with E-state index in [0.717, 1.165) is 23.2 Å². The first-order valence-electron chi connectivity index (χ1n) is 7.81. The van der Waals surface area contributed by atoms with Crippen molar-refractivity contribution in [2.45, 2.75) is 32.6 Å². The number of hydrogen-bond acceptors (Lipinski definition) is 3. The number of fused-ring (bicyclic) bond motifs is 3. The lowest BCUT2D eigenvalue weighted by Crippen LogP contribution is -2.06. The fourth-order valence-corrected chi connectivity index (χ4v) is 3.07. The topological polar surface area (TPSA) is 51.3 Å². The Hall–Kier alpha value is -2.23. The normalized spacial score (nSPS) is 17.4. The van der Waals surface area contributed by atoms with Gasteiger partial charge in [0.25, 0.3) is 0 Å². The third-order valence-corrected chi connectivity index (χ3v) is 4.13. The summed E-state index contributed by atoms with van der Waals surface area (Å²) >= 11 is 0. The summed E-state index contributed by atoms with van der Waals surface area (Å²) in [6, 6.07) is 8.26. The molecule has 4 heteroatoms. The van der Waals surface area contributed by atoms with Gasteiger partial charge in [0.15, 0.2) is 0 Å². The van der Waals surface area contributed by atoms with Gasteiger partial charge in [-0.25, -0.2) is 0 Å². The minimum Gasteiger partial charge on any atom is -0.500 e. The van der Waals surface area contributed by atoms with Gasteiger partial charge in [0.1, 0.15) is 0 Å². The molecule has 0 bridgehead atoms. The Morgan fingerprint density at radius 2 is 2.18 bits per heavy atom. The van der Waals surface area contributed by atoms with Crippen molar-refractivity contribution in [2.24, 2.45) is 0 Å². The molecule has 1 N–H and O–H groups in total. The molecule has 0 spiro atoms. The van der Waals surface area contributed by atoms with Crippen LogP contribution >= 0.6 is 0 Å². The molecule has 0 amide bonds. The SMILES string of the molecule is CCOC(=O)CC1=COCC(CC)c2c1[nH]c1ccccc21. The van der Waals surface area contributed by atoms with Crippen LogP contribution in [0.2, 0.25) is 0 Å². The third-order valence-electron chi connectivity index (χ3n) is 4.13. The lowest BCUT2D eigenvalue weighted by atomic mass is 9.92. The second-order valence-electron chi connectivity index (χ2n) is 5.52. The van der Waals surface area contributed by atoms with Gasteiger partial charge in [-0.05, 0) is 25.0 Å². The number of hydrogen-bond donors (Lipinski definition) is 1. The van der Waals surface area contributed by atoms with Gasteiger partial charge in [-0.3, -0.25) is 4.79 Å². The Kier molecular flexibility index (Phi) is 4.18. The van der Waals surface area contributed by atoms with Gasteiger partial charge < -0.3 is 14.5 Å². The van der Waals surface area contributed by atoms with Gasteiger partial charge in [-0.2, -0.15) is 0 Å². The van der Waals surface area contributed by atoms with Crippen LogP contribution in [-0.2, 0) is 14.3 Å². The number of benzene rings is 1. The monoisotopic (exact) mass is 299 g/mol. The van der Waals surface area contributed by atoms with E-state index in [-0.39, 0.29) is 12.4 Å². The van der Waals surface area contributed by atoms with Crippen LogP contribution in [0.15, 0.2) is 30.5 Å². The average Bonchev–Trinajstić information content (AvgIpc) is 2.82. The van der Waals surface area contributed by atoms with Gasteiger partial charge in [-0.1, -0.05) is 25.1 Å². The van der Waals surface area contributed by atoms with E-state index in [4.69, 9.17) is 9.47 Å². The molecule has 116 valence electrons. The highest BCUT2D eigenvalue weighted by molar-refractivity contribution is 5.93. The van der Waals surface area contributed by atoms with Gasteiger partial charge in [0.2, 0.25) is 0 Å². The predicted octanol–water partition coefficient (Wildman–Crippen LogP) is 3.99. The molecule has 1 aliphatic rings. The maximum absolute atomic E-state index is 11.9. The molecule has 0 radical (unpaired) electrons. The van der Waals surface area contributed by atoms with Crippen LogP contribution in [0.4, 0.5) is 0 Å². The smallest absolute Gasteiger partial charge is 0.310 e. The summed E-state index contributed by atoms with van der Waals surface area (Å²) in [5, 5.41) is 1.21. The number of aromatic nitrogens is 1. The molecule has 1 atom stereocenters. The highest BCUT2D eigenvalue weighted by atomic mass is 16.5. The molecule has 2 aromatic rings. The molecule has 22 heavy (non-hydrogen) atoms. The molecule has 1 aromatic carbocycles. The minimum atomic E-state index is -0.225. The number of rotatable bonds is 4. The lowest BCUT2D eigenvalue weighted by molar-refractivity contribution is -0.141. The molecule has 1 aliphatic heterocycles. The molecule has 0 aliphatic carbocycles. The molecular formula is C18H21NO3. The maximum Gasteiger partial charge on any atom is 0.310 e. The summed E-state index contributed by atoms with van der Waals surface area (Å²) < 4.78 is 10.8. The van der Waals surface area contributed by atoms with Crippen molar-refractivity contribution in [2.75, 3.05) is 13.2 Å². The molecule has 1 unspecified atom stereocenters. The molecule has 1 aromatic heterocycles. The van der Waals surface area contributed by atoms with E-state index >= 15 is 0 Å². The van der Waals surface area contributed by atoms with Crippen LogP contribution in [-0.4, -0.2) is 24.2 Å². The van der Waals surface area contributed by atoms with E-state index in [0.29, 0.717) is 19.1 Å². The summed E-state index contributed by atoms with van der Waals surface area (Å²) in [4.78, 5) is 15.3. The summed E-state index contributed by atoms with van der Waals surface area (Å²) in [6.07, 6.45) is 2.93. The molecule has 2 heterocycles. The first-order valence-corrected chi connectivity index (χ1v) is 7.81. The summed E-state index contributed by atoms with van der Waals surface area (Å²) in [5.41, 5.74) is 4.23. The van der Waals surface area contributed by atoms with Gasteiger partial charge in [-0.15, -0.1) is 0 Å². The molecular weight excluding hydrogens is 278 g/mol. The van der Waals surface area contributed by atoms with Crippen LogP contribution in [0.1, 0.15) is 43.9 Å². The third kappa shape index (κ3) is 2.61. The largest absolute Gasteiger partial charge is 0.500 e. The molecule has 3 rings (SSSR count). The van der Waals surface area contributed by atoms with Crippen molar-refractivity contribution in [3.05, 3.63) is 41.8 Å². The van der Waals surface area contributed by atoms with Crippen molar-refractivity contribution >= 4 is 22.4 Å². The number of nitrogens with one attached hydrogen (secondary N) is 1. The van der Waals surface area contributed by atoms with E-state index < -0.39 is 0 Å². The van der Waals surface area contributed by atoms with E-state index in [1.165, 1.54) is 10.9 Å². The standard InChI is InChI=1S/C18H21NO3/c1-3-12-10-21-11-13(9-16(20)22-4-2)18-17(12)14-7-5-6-8-15(14)19-18/h5-8,11-12,19H,3-4,9-10H2,1-2H3. The number of carbonyl (C=O) groups is 1. The minimum absolute atomic E-state index is 0.225. The zero-order chi connectivity index (χ0) is 15.5. The first-order chi connectivity index (χ1) is 10.7. The molecule has 0 saturated heterocycles. The molecule has 0 saturated carbocycles. The quantitative estimate of drug-likeness (QED) is 0.869. The van der Waals surface area contributed by atoms with E-state index in [1.54, 1.807) is 6.26 Å². The number of para-hydroxylation sites is 1. The fourth-order valence-electron chi connectivity index (χ4n) is 3.07. The second kappa shape index (κ2) is 6.26. The number of H-pyrrole nitrogens is 1. The predicted molar refractivity (Wildman–Crippen MR) is 86.5 cm³/mol. The van der Waals surface area contributed by atoms with Crippen molar-refractivity contribution in [3.8, 4) is 0 Å². The van der Waals surface area contributed by atoms with Crippen molar-refractivity contribution in [3.63, 3.8) is 0 Å². The van der Waals surface area contributed by atoms with Gasteiger partial charge >= 0.3 is 5.97 Å². The van der Waals surface area contributed by atoms with Crippen molar-refractivity contribution in [1.29, 1.82) is 0 Å². The molecule has 0 fully saturated rings. The fraction of sp³-hybridized carbons (Fsp3) is 0.389. The van der Waals surface area contributed by atoms with Crippen LogP contribution in [0, 0.1) is 0 Å². The Balaban J connectivity index is 2.07.